The monoisotopic (exact) mass is 240 g/mol. The minimum absolute atomic E-state index is 0.255. The van der Waals surface area contributed by atoms with Gasteiger partial charge in [-0.25, -0.2) is 0 Å². The molecule has 0 radical (unpaired) electrons. The number of pyridine rings is 1. The maximum absolute atomic E-state index is 6.20. The van der Waals surface area contributed by atoms with E-state index >= 15 is 0 Å². The van der Waals surface area contributed by atoms with Crippen molar-refractivity contribution in [2.24, 2.45) is 5.73 Å². The highest BCUT2D eigenvalue weighted by atomic mass is 16.5. The minimum Gasteiger partial charge on any atom is -0.496 e. The fourth-order valence-corrected chi connectivity index (χ4v) is 2.19. The lowest BCUT2D eigenvalue weighted by Gasteiger charge is -2.20. The first-order valence-electron chi connectivity index (χ1n) is 6.29. The first kappa shape index (κ1) is 11.2. The van der Waals surface area contributed by atoms with Crippen LogP contribution in [0.1, 0.15) is 24.6 Å². The van der Waals surface area contributed by atoms with E-state index in [1.807, 2.05) is 30.3 Å². The Kier molecular flexibility index (Phi) is 2.99. The lowest BCUT2D eigenvalue weighted by Crippen LogP contribution is -2.19. The number of allylic oxidation sites excluding steroid dienone is 1. The van der Waals surface area contributed by atoms with Gasteiger partial charge in [-0.05, 0) is 31.1 Å². The third kappa shape index (κ3) is 2.09. The molecule has 2 aromatic rings. The number of hydrogen-bond donors (Lipinski definition) is 1. The molecule has 18 heavy (non-hydrogen) atoms. The number of rotatable bonds is 2. The van der Waals surface area contributed by atoms with Gasteiger partial charge in [0.2, 0.25) is 0 Å². The third-order valence-electron chi connectivity index (χ3n) is 3.21. The molecule has 0 saturated carbocycles. The molecule has 3 heteroatoms. The molecule has 0 amide bonds. The van der Waals surface area contributed by atoms with Crippen LogP contribution in [-0.4, -0.2) is 11.6 Å². The number of para-hydroxylation sites is 1. The Balaban J connectivity index is 1.96. The van der Waals surface area contributed by atoms with Gasteiger partial charge in [-0.2, -0.15) is 0 Å². The molecule has 1 aromatic carbocycles. The third-order valence-corrected chi connectivity index (χ3v) is 3.21. The maximum Gasteiger partial charge on any atom is 0.115 e. The van der Waals surface area contributed by atoms with Crippen LogP contribution in [0.5, 0.6) is 0 Å². The van der Waals surface area contributed by atoms with Gasteiger partial charge in [0.05, 0.1) is 17.8 Å². The number of nitrogens with two attached hydrogens (primary N) is 1. The molecule has 2 heterocycles. The summed E-state index contributed by atoms with van der Waals surface area (Å²) in [5, 5.41) is 1.13. The van der Waals surface area contributed by atoms with Crippen molar-refractivity contribution < 1.29 is 4.74 Å². The van der Waals surface area contributed by atoms with Gasteiger partial charge in [-0.15, -0.1) is 0 Å². The normalized spacial score (nSPS) is 17.1. The largest absolute Gasteiger partial charge is 0.496 e. The average molecular weight is 240 g/mol. The summed E-state index contributed by atoms with van der Waals surface area (Å²) in [6.45, 7) is 0.757. The van der Waals surface area contributed by atoms with Crippen molar-refractivity contribution in [2.45, 2.75) is 18.9 Å². The van der Waals surface area contributed by atoms with E-state index in [0.717, 1.165) is 41.8 Å². The molecule has 3 rings (SSSR count). The number of fused-ring (bicyclic) bond motifs is 1. The predicted octanol–water partition coefficient (Wildman–Crippen LogP) is 2.93. The highest BCUT2D eigenvalue weighted by Gasteiger charge is 2.17. The molecular formula is C15H16N2O. The highest BCUT2D eigenvalue weighted by molar-refractivity contribution is 5.78. The number of hydrogen-bond acceptors (Lipinski definition) is 3. The quantitative estimate of drug-likeness (QED) is 0.878. The molecule has 3 nitrogen and oxygen atoms in total. The fourth-order valence-electron chi connectivity index (χ4n) is 2.19. The van der Waals surface area contributed by atoms with Gasteiger partial charge in [-0.1, -0.05) is 24.3 Å². The van der Waals surface area contributed by atoms with Crippen molar-refractivity contribution in [2.75, 3.05) is 6.61 Å². The van der Waals surface area contributed by atoms with E-state index < -0.39 is 0 Å². The molecule has 1 unspecified atom stereocenters. The molecule has 0 fully saturated rings. The smallest absolute Gasteiger partial charge is 0.115 e. The first-order chi connectivity index (χ1) is 8.84. The van der Waals surface area contributed by atoms with E-state index in [2.05, 4.69) is 17.1 Å². The van der Waals surface area contributed by atoms with Crippen molar-refractivity contribution in [1.82, 2.24) is 4.98 Å². The van der Waals surface area contributed by atoms with E-state index in [0.29, 0.717) is 0 Å². The number of ether oxygens (including phenoxy) is 1. The summed E-state index contributed by atoms with van der Waals surface area (Å²) in [6, 6.07) is 11.8. The molecule has 1 atom stereocenters. The first-order valence-corrected chi connectivity index (χ1v) is 6.29. The van der Waals surface area contributed by atoms with E-state index in [1.54, 1.807) is 0 Å². The van der Waals surface area contributed by atoms with E-state index in [4.69, 9.17) is 10.5 Å². The molecule has 92 valence electrons. The zero-order valence-corrected chi connectivity index (χ0v) is 10.2. The Morgan fingerprint density at radius 2 is 2.06 bits per heavy atom. The van der Waals surface area contributed by atoms with Crippen LogP contribution in [0.3, 0.4) is 0 Å². The predicted molar refractivity (Wildman–Crippen MR) is 71.9 cm³/mol. The molecule has 1 aromatic heterocycles. The summed E-state index contributed by atoms with van der Waals surface area (Å²) < 4.78 is 5.60. The van der Waals surface area contributed by atoms with Crippen LogP contribution < -0.4 is 5.73 Å². The summed E-state index contributed by atoms with van der Waals surface area (Å²) in [5.74, 6) is 0.851. The average Bonchev–Trinajstić information content (AvgIpc) is 2.47. The number of benzene rings is 1. The zero-order chi connectivity index (χ0) is 12.4. The molecule has 0 aliphatic carbocycles. The summed E-state index contributed by atoms with van der Waals surface area (Å²) in [5.41, 5.74) is 8.04. The van der Waals surface area contributed by atoms with Crippen LogP contribution in [-0.2, 0) is 4.74 Å². The SMILES string of the molecule is NC(C1=CCCCO1)c1ccc2ccccc2n1. The topological polar surface area (TPSA) is 48.1 Å². The van der Waals surface area contributed by atoms with Crippen molar-refractivity contribution >= 4 is 10.9 Å². The van der Waals surface area contributed by atoms with Gasteiger partial charge in [0, 0.05) is 5.39 Å². The van der Waals surface area contributed by atoms with Crippen molar-refractivity contribution in [3.63, 3.8) is 0 Å². The number of aromatic nitrogens is 1. The van der Waals surface area contributed by atoms with Gasteiger partial charge in [0.25, 0.3) is 0 Å². The fraction of sp³-hybridized carbons (Fsp3) is 0.267. The Labute approximate surface area is 106 Å². The van der Waals surface area contributed by atoms with E-state index in [9.17, 15) is 0 Å². The van der Waals surface area contributed by atoms with Gasteiger partial charge in [0.1, 0.15) is 11.8 Å². The molecule has 0 bridgehead atoms. The lowest BCUT2D eigenvalue weighted by atomic mass is 10.1. The van der Waals surface area contributed by atoms with Crippen molar-refractivity contribution in [1.29, 1.82) is 0 Å². The second kappa shape index (κ2) is 4.78. The molecule has 1 aliphatic heterocycles. The Bertz CT molecular complexity index is 592. The molecule has 0 spiro atoms. The van der Waals surface area contributed by atoms with Crippen LogP contribution in [0.4, 0.5) is 0 Å². The van der Waals surface area contributed by atoms with E-state index in [-0.39, 0.29) is 6.04 Å². The highest BCUT2D eigenvalue weighted by Crippen LogP contribution is 2.24. The lowest BCUT2D eigenvalue weighted by molar-refractivity contribution is 0.175. The standard InChI is InChI=1S/C15H16N2O/c16-15(14-7-3-4-10-18-14)13-9-8-11-5-1-2-6-12(11)17-13/h1-2,5-9,15H,3-4,10,16H2. The maximum atomic E-state index is 6.20. The van der Waals surface area contributed by atoms with Gasteiger partial charge in [-0.3, -0.25) is 4.98 Å². The summed E-state index contributed by atoms with van der Waals surface area (Å²) in [6.07, 6.45) is 4.18. The molecule has 2 N–H and O–H groups in total. The minimum atomic E-state index is -0.255. The zero-order valence-electron chi connectivity index (χ0n) is 10.2. The second-order valence-corrected chi connectivity index (χ2v) is 4.50. The molecule has 1 aliphatic rings. The van der Waals surface area contributed by atoms with Crippen molar-refractivity contribution in [3.05, 3.63) is 53.9 Å². The Morgan fingerprint density at radius 3 is 2.89 bits per heavy atom. The van der Waals surface area contributed by atoms with Crippen LogP contribution in [0, 0.1) is 0 Å². The van der Waals surface area contributed by atoms with E-state index in [1.165, 1.54) is 0 Å². The van der Waals surface area contributed by atoms with Crippen molar-refractivity contribution in [3.8, 4) is 0 Å². The second-order valence-electron chi connectivity index (χ2n) is 4.50. The Hall–Kier alpha value is -1.87. The van der Waals surface area contributed by atoms with Gasteiger partial charge >= 0.3 is 0 Å². The van der Waals surface area contributed by atoms with Crippen LogP contribution >= 0.6 is 0 Å². The van der Waals surface area contributed by atoms with Gasteiger partial charge in [0.15, 0.2) is 0 Å². The molecular weight excluding hydrogens is 224 g/mol. The summed E-state index contributed by atoms with van der Waals surface area (Å²) in [7, 11) is 0. The summed E-state index contributed by atoms with van der Waals surface area (Å²) in [4.78, 5) is 4.60. The van der Waals surface area contributed by atoms with Gasteiger partial charge < -0.3 is 10.5 Å². The van der Waals surface area contributed by atoms with Crippen LogP contribution in [0.25, 0.3) is 10.9 Å². The van der Waals surface area contributed by atoms with Crippen LogP contribution in [0.15, 0.2) is 48.2 Å². The Morgan fingerprint density at radius 1 is 1.17 bits per heavy atom. The summed E-state index contributed by atoms with van der Waals surface area (Å²) >= 11 is 0. The number of nitrogens with zero attached hydrogens (tertiary/aromatic N) is 1. The molecule has 0 saturated heterocycles. The van der Waals surface area contributed by atoms with Crippen LogP contribution in [0.2, 0.25) is 0 Å².